The van der Waals surface area contributed by atoms with Gasteiger partial charge in [0.1, 0.15) is 18.9 Å². The first-order valence-corrected chi connectivity index (χ1v) is 11.6. The lowest BCUT2D eigenvalue weighted by atomic mass is 10.0. The predicted octanol–water partition coefficient (Wildman–Crippen LogP) is 1.64. The van der Waals surface area contributed by atoms with E-state index in [4.69, 9.17) is 21.1 Å². The molecular formula is C22H28Cl2N6O4. The number of rotatable bonds is 6. The van der Waals surface area contributed by atoms with Crippen molar-refractivity contribution in [2.45, 2.75) is 25.4 Å². The summed E-state index contributed by atoms with van der Waals surface area (Å²) in [4.78, 5) is 20.8. The number of carbonyl (C=O) groups excluding carboxylic acids is 1. The Morgan fingerprint density at radius 3 is 2.74 bits per heavy atom. The van der Waals surface area contributed by atoms with Crippen LogP contribution in [0.2, 0.25) is 5.02 Å². The molecule has 0 bridgehead atoms. The van der Waals surface area contributed by atoms with Gasteiger partial charge in [0.15, 0.2) is 17.2 Å². The van der Waals surface area contributed by atoms with Crippen molar-refractivity contribution in [3.63, 3.8) is 0 Å². The number of ether oxygens (including phenoxy) is 2. The zero-order chi connectivity index (χ0) is 22.8. The number of fused-ring (bicyclic) bond motifs is 2. The standard InChI is InChI=1S/C22H27ClN6O4.ClH/c23-15-1-2-18-19(11-15)28(22(30)26-29(18)31)8-7-27-5-3-16(4-6-27)24-13-17-12-20-21(14-25-17)33-10-9-32-20;/h1-2,11-12,14,16,24,29H,3-10,13H2,(H,26,30);1H. The van der Waals surface area contributed by atoms with E-state index < -0.39 is 6.03 Å². The van der Waals surface area contributed by atoms with Crippen LogP contribution in [0.5, 0.6) is 11.5 Å². The Balaban J connectivity index is 0.00000274. The number of nitrogens with zero attached hydrogens (tertiary/aromatic N) is 3. The number of halogens is 2. The van der Waals surface area contributed by atoms with Gasteiger partial charge in [-0.2, -0.15) is 5.43 Å². The van der Waals surface area contributed by atoms with E-state index in [1.807, 2.05) is 6.07 Å². The van der Waals surface area contributed by atoms with Gasteiger partial charge in [0.2, 0.25) is 0 Å². The summed E-state index contributed by atoms with van der Waals surface area (Å²) in [5.41, 5.74) is 4.38. The van der Waals surface area contributed by atoms with Crippen molar-refractivity contribution >= 4 is 41.4 Å². The number of nitrogens with one attached hydrogen (secondary N) is 3. The summed E-state index contributed by atoms with van der Waals surface area (Å²) < 4.78 is 11.2. The zero-order valence-corrected chi connectivity index (χ0v) is 20.2. The minimum absolute atomic E-state index is 0. The first-order valence-electron chi connectivity index (χ1n) is 11.2. The molecule has 3 aliphatic rings. The lowest BCUT2D eigenvalue weighted by Crippen LogP contribution is -3.12. The fraction of sp³-hybridized carbons (Fsp3) is 0.455. The molecule has 2 aromatic rings. The van der Waals surface area contributed by atoms with E-state index >= 15 is 0 Å². The molecule has 1 atom stereocenters. The lowest BCUT2D eigenvalue weighted by Gasteiger charge is -2.37. The number of benzene rings is 1. The molecule has 1 unspecified atom stereocenters. The van der Waals surface area contributed by atoms with Crippen molar-refractivity contribution in [2.75, 3.05) is 44.3 Å². The molecule has 0 radical (unpaired) electrons. The second kappa shape index (κ2) is 10.9. The smallest absolute Gasteiger partial charge is 0.366 e. The van der Waals surface area contributed by atoms with Crippen molar-refractivity contribution in [1.82, 2.24) is 20.6 Å². The molecule has 1 aromatic heterocycles. The molecular weight excluding hydrogens is 483 g/mol. The lowest BCUT2D eigenvalue weighted by molar-refractivity contribution is -0.817. The summed E-state index contributed by atoms with van der Waals surface area (Å²) in [7, 11) is 0. The number of carbonyl (C=O) groups is 1. The van der Waals surface area contributed by atoms with Gasteiger partial charge in [-0.15, -0.1) is 12.4 Å². The molecule has 1 aromatic carbocycles. The molecule has 0 saturated carbocycles. The normalized spacial score (nSPS) is 20.4. The Kier molecular flexibility index (Phi) is 7.97. The van der Waals surface area contributed by atoms with Crippen LogP contribution >= 0.6 is 24.0 Å². The second-order valence-electron chi connectivity index (χ2n) is 8.39. The maximum atomic E-state index is 12.4. The molecule has 12 heteroatoms. The van der Waals surface area contributed by atoms with Crippen LogP contribution in [0.3, 0.4) is 0 Å². The number of urea groups is 1. The average Bonchev–Trinajstić information content (AvgIpc) is 2.83. The summed E-state index contributed by atoms with van der Waals surface area (Å²) in [6.45, 7) is 4.89. The zero-order valence-electron chi connectivity index (χ0n) is 18.6. The third kappa shape index (κ3) is 5.48. The van der Waals surface area contributed by atoms with Gasteiger partial charge >= 0.3 is 6.03 Å². The molecule has 3 aliphatic heterocycles. The minimum atomic E-state index is -0.404. The summed E-state index contributed by atoms with van der Waals surface area (Å²) in [6.07, 6.45) is 3.75. The van der Waals surface area contributed by atoms with E-state index in [2.05, 4.69) is 20.6 Å². The van der Waals surface area contributed by atoms with Gasteiger partial charge < -0.3 is 24.9 Å². The first-order chi connectivity index (χ1) is 16.1. The van der Waals surface area contributed by atoms with Crippen molar-refractivity contribution in [3.05, 3.63) is 46.4 Å². The Morgan fingerprint density at radius 2 is 1.94 bits per heavy atom. The number of pyridine rings is 1. The number of amides is 2. The molecule has 0 aliphatic carbocycles. The van der Waals surface area contributed by atoms with Gasteiger partial charge in [0.25, 0.3) is 0 Å². The molecule has 5 rings (SSSR count). The third-order valence-electron chi connectivity index (χ3n) is 6.25. The number of quaternary nitrogens is 1. The maximum Gasteiger partial charge on any atom is 0.366 e. The van der Waals surface area contributed by atoms with Crippen LogP contribution in [0, 0.1) is 5.21 Å². The SMILES string of the molecule is Cl.O=C1N[NH+]([O-])c2ccc(Cl)cc2N1CCN1CCC(NCc2cc3c(cn2)OCCO3)CC1. The van der Waals surface area contributed by atoms with E-state index in [0.717, 1.165) is 43.9 Å². The van der Waals surface area contributed by atoms with Crippen molar-refractivity contribution in [1.29, 1.82) is 0 Å². The number of piperidine rings is 1. The van der Waals surface area contributed by atoms with Crippen molar-refractivity contribution < 1.29 is 19.4 Å². The van der Waals surface area contributed by atoms with Crippen LogP contribution in [0.1, 0.15) is 18.5 Å². The summed E-state index contributed by atoms with van der Waals surface area (Å²) >= 11 is 6.11. The average molecular weight is 511 g/mol. The maximum absolute atomic E-state index is 12.4. The van der Waals surface area contributed by atoms with Gasteiger partial charge in [-0.1, -0.05) is 11.6 Å². The highest BCUT2D eigenvalue weighted by molar-refractivity contribution is 6.31. The third-order valence-corrected chi connectivity index (χ3v) is 6.48. The summed E-state index contributed by atoms with van der Waals surface area (Å²) in [5, 5.41) is 15.8. The fourth-order valence-electron chi connectivity index (χ4n) is 4.42. The predicted molar refractivity (Wildman–Crippen MR) is 130 cm³/mol. The van der Waals surface area contributed by atoms with E-state index in [1.54, 1.807) is 29.3 Å². The Bertz CT molecular complexity index is 1020. The van der Waals surface area contributed by atoms with E-state index in [9.17, 15) is 10.0 Å². The van der Waals surface area contributed by atoms with Crippen LogP contribution in [0.25, 0.3) is 0 Å². The van der Waals surface area contributed by atoms with Gasteiger partial charge in [-0.3, -0.25) is 9.88 Å². The molecule has 34 heavy (non-hydrogen) atoms. The molecule has 1 saturated heterocycles. The topological polar surface area (TPSA) is 106 Å². The van der Waals surface area contributed by atoms with Gasteiger partial charge in [-0.05, 0) is 38.1 Å². The number of anilines is 1. The van der Waals surface area contributed by atoms with E-state index in [-0.39, 0.29) is 17.6 Å². The molecule has 3 N–H and O–H groups in total. The molecule has 184 valence electrons. The second-order valence-corrected chi connectivity index (χ2v) is 8.82. The highest BCUT2D eigenvalue weighted by atomic mass is 35.5. The van der Waals surface area contributed by atoms with Crippen LogP contribution in [-0.2, 0) is 6.54 Å². The summed E-state index contributed by atoms with van der Waals surface area (Å²) in [6, 6.07) is 6.93. The Morgan fingerprint density at radius 1 is 1.18 bits per heavy atom. The van der Waals surface area contributed by atoms with Crippen LogP contribution in [0.15, 0.2) is 30.5 Å². The summed E-state index contributed by atoms with van der Waals surface area (Å²) in [5.74, 6) is 1.46. The van der Waals surface area contributed by atoms with Gasteiger partial charge in [-0.25, -0.2) is 9.97 Å². The first kappa shape index (κ1) is 24.8. The molecule has 2 amide bonds. The number of aromatic nitrogens is 1. The van der Waals surface area contributed by atoms with Crippen LogP contribution in [-0.4, -0.2) is 61.3 Å². The molecule has 4 heterocycles. The minimum Gasteiger partial charge on any atom is -0.603 e. The number of hydrogen-bond donors (Lipinski definition) is 3. The van der Waals surface area contributed by atoms with E-state index in [1.165, 1.54) is 0 Å². The van der Waals surface area contributed by atoms with Crippen LogP contribution < -0.4 is 30.3 Å². The highest BCUT2D eigenvalue weighted by Gasteiger charge is 2.30. The van der Waals surface area contributed by atoms with Crippen molar-refractivity contribution in [2.24, 2.45) is 0 Å². The number of hydrogen-bond acceptors (Lipinski definition) is 7. The van der Waals surface area contributed by atoms with Gasteiger partial charge in [0, 0.05) is 42.8 Å². The Hall–Kier alpha value is -2.34. The monoisotopic (exact) mass is 510 g/mol. The quantitative estimate of drug-likeness (QED) is 0.507. The molecule has 1 fully saturated rings. The molecule has 10 nitrogen and oxygen atoms in total. The van der Waals surface area contributed by atoms with Crippen LogP contribution in [0.4, 0.5) is 16.2 Å². The Labute approximate surface area is 209 Å². The molecule has 0 spiro atoms. The largest absolute Gasteiger partial charge is 0.603 e. The van der Waals surface area contributed by atoms with E-state index in [0.29, 0.717) is 54.5 Å². The van der Waals surface area contributed by atoms with Gasteiger partial charge in [0.05, 0.1) is 11.9 Å². The number of likely N-dealkylation sites (tertiary alicyclic amines) is 1. The fourth-order valence-corrected chi connectivity index (χ4v) is 4.59. The highest BCUT2D eigenvalue weighted by Crippen LogP contribution is 2.30. The van der Waals surface area contributed by atoms with Crippen molar-refractivity contribution in [3.8, 4) is 11.5 Å².